The number of aromatic amines is 1. The van der Waals surface area contributed by atoms with E-state index in [-0.39, 0.29) is 28.5 Å². The first-order valence-corrected chi connectivity index (χ1v) is 12.0. The number of nitrogens with one attached hydrogen (secondary N) is 2. The van der Waals surface area contributed by atoms with E-state index in [9.17, 15) is 18.0 Å². The zero-order valence-electron chi connectivity index (χ0n) is 19.4. The van der Waals surface area contributed by atoms with E-state index >= 15 is 0 Å². The van der Waals surface area contributed by atoms with Gasteiger partial charge in [0.25, 0.3) is 0 Å². The molecule has 2 N–H and O–H groups in total. The summed E-state index contributed by atoms with van der Waals surface area (Å²) in [6.45, 7) is 0. The maximum Gasteiger partial charge on any atom is 0.417 e. The number of rotatable bonds is 7. The number of fused-ring (bicyclic) bond motifs is 4. The smallest absolute Gasteiger partial charge is 0.417 e. The molecular weight excluding hydrogens is 509 g/mol. The molecule has 1 aliphatic heterocycles. The standard InChI is InChI=1S/C26H20ClF3N4O3/c1-31-24-13(3-2-8-35)20(6-7-32-24)36-12-4-5-19-14(9-12)21-22(23(21)37-19)25-33-17-10-15(26(28,29)30)16(27)11-18(17)34-25/h4-11,21-23H,2-3H2,1H3,(H,31,32)(H,33,34). The number of halogens is 4. The summed E-state index contributed by atoms with van der Waals surface area (Å²) in [5.74, 6) is 3.01. The predicted molar refractivity (Wildman–Crippen MR) is 131 cm³/mol. The van der Waals surface area contributed by atoms with Crippen LogP contribution in [0.25, 0.3) is 11.0 Å². The second-order valence-electron chi connectivity index (χ2n) is 9.00. The van der Waals surface area contributed by atoms with Crippen molar-refractivity contribution in [3.8, 4) is 17.2 Å². The molecule has 1 aliphatic carbocycles. The number of H-pyrrole nitrogens is 1. The van der Waals surface area contributed by atoms with E-state index < -0.39 is 11.7 Å². The number of hydrogen-bond donors (Lipinski definition) is 2. The Kier molecular flexibility index (Phi) is 5.52. The number of imidazole rings is 1. The van der Waals surface area contributed by atoms with Gasteiger partial charge in [-0.1, -0.05) is 11.6 Å². The van der Waals surface area contributed by atoms with Crippen molar-refractivity contribution in [1.82, 2.24) is 15.0 Å². The Balaban J connectivity index is 1.27. The largest absolute Gasteiger partial charge is 0.489 e. The number of anilines is 1. The molecule has 37 heavy (non-hydrogen) atoms. The molecule has 0 bridgehead atoms. The normalized spacial score (nSPS) is 19.8. The van der Waals surface area contributed by atoms with Crippen LogP contribution < -0.4 is 14.8 Å². The van der Waals surface area contributed by atoms with Crippen LogP contribution >= 0.6 is 11.6 Å². The van der Waals surface area contributed by atoms with Crippen molar-refractivity contribution in [2.45, 2.75) is 37.0 Å². The number of ether oxygens (including phenoxy) is 2. The van der Waals surface area contributed by atoms with E-state index in [0.717, 1.165) is 29.2 Å². The number of hydrogen-bond acceptors (Lipinski definition) is 6. The first kappa shape index (κ1) is 23.6. The molecule has 2 aliphatic rings. The van der Waals surface area contributed by atoms with Gasteiger partial charge in [0, 0.05) is 36.7 Å². The minimum atomic E-state index is -4.55. The second kappa shape index (κ2) is 8.65. The highest BCUT2D eigenvalue weighted by Gasteiger charge is 2.61. The van der Waals surface area contributed by atoms with Crippen LogP contribution in [-0.4, -0.2) is 34.4 Å². The van der Waals surface area contributed by atoms with Gasteiger partial charge in [0.2, 0.25) is 0 Å². The third-order valence-electron chi connectivity index (χ3n) is 6.76. The highest BCUT2D eigenvalue weighted by molar-refractivity contribution is 6.32. The first-order chi connectivity index (χ1) is 17.8. The highest BCUT2D eigenvalue weighted by Crippen LogP contribution is 2.63. The van der Waals surface area contributed by atoms with Gasteiger partial charge in [-0.2, -0.15) is 13.2 Å². The quantitative estimate of drug-likeness (QED) is 0.276. The molecule has 4 aromatic rings. The minimum Gasteiger partial charge on any atom is -0.489 e. The fourth-order valence-corrected chi connectivity index (χ4v) is 5.28. The fourth-order valence-electron chi connectivity index (χ4n) is 5.01. The van der Waals surface area contributed by atoms with Gasteiger partial charge in [0.15, 0.2) is 0 Å². The summed E-state index contributed by atoms with van der Waals surface area (Å²) in [6, 6.07) is 9.53. The van der Waals surface area contributed by atoms with E-state index in [1.54, 1.807) is 19.3 Å². The summed E-state index contributed by atoms with van der Waals surface area (Å²) >= 11 is 5.86. The topological polar surface area (TPSA) is 89.1 Å². The number of alkyl halides is 3. The lowest BCUT2D eigenvalue weighted by Gasteiger charge is -2.15. The van der Waals surface area contributed by atoms with Crippen LogP contribution in [0.15, 0.2) is 42.6 Å². The first-order valence-electron chi connectivity index (χ1n) is 11.6. The molecule has 7 nitrogen and oxygen atoms in total. The van der Waals surface area contributed by atoms with Gasteiger partial charge in [-0.05, 0) is 42.8 Å². The average Bonchev–Trinajstić information content (AvgIpc) is 3.21. The van der Waals surface area contributed by atoms with Crippen LogP contribution in [0.4, 0.5) is 19.0 Å². The zero-order valence-corrected chi connectivity index (χ0v) is 20.2. The molecule has 0 radical (unpaired) electrons. The Labute approximate surface area is 214 Å². The number of nitrogens with zero attached hydrogens (tertiary/aromatic N) is 2. The lowest BCUT2D eigenvalue weighted by molar-refractivity contribution is -0.137. The Morgan fingerprint density at radius 2 is 2.05 bits per heavy atom. The van der Waals surface area contributed by atoms with Crippen molar-refractivity contribution in [3.63, 3.8) is 0 Å². The second-order valence-corrected chi connectivity index (χ2v) is 9.40. The molecule has 2 aromatic heterocycles. The van der Waals surface area contributed by atoms with E-state index in [1.165, 1.54) is 6.07 Å². The Hall–Kier alpha value is -3.79. The van der Waals surface area contributed by atoms with E-state index in [0.29, 0.717) is 41.5 Å². The van der Waals surface area contributed by atoms with Crippen LogP contribution in [0.3, 0.4) is 0 Å². The molecule has 3 unspecified atom stereocenters. The minimum absolute atomic E-state index is 0.00323. The van der Waals surface area contributed by atoms with Gasteiger partial charge < -0.3 is 24.6 Å². The number of pyridine rings is 1. The molecule has 190 valence electrons. The molecule has 6 rings (SSSR count). The average molecular weight is 529 g/mol. The lowest BCUT2D eigenvalue weighted by Crippen LogP contribution is -2.05. The number of aldehydes is 1. The number of carbonyl (C=O) groups is 1. The van der Waals surface area contributed by atoms with Gasteiger partial charge >= 0.3 is 6.18 Å². The molecule has 3 atom stereocenters. The maximum absolute atomic E-state index is 13.3. The summed E-state index contributed by atoms with van der Waals surface area (Å²) in [7, 11) is 1.76. The molecule has 2 aromatic carbocycles. The lowest BCUT2D eigenvalue weighted by atomic mass is 10.1. The molecule has 0 saturated heterocycles. The number of benzene rings is 2. The van der Waals surface area contributed by atoms with Crippen LogP contribution in [0.1, 0.15) is 40.8 Å². The summed E-state index contributed by atoms with van der Waals surface area (Å²) in [6.07, 6.45) is -1.41. The summed E-state index contributed by atoms with van der Waals surface area (Å²) in [5, 5.41) is 2.64. The highest BCUT2D eigenvalue weighted by atomic mass is 35.5. The summed E-state index contributed by atoms with van der Waals surface area (Å²) < 4.78 is 52.0. The van der Waals surface area contributed by atoms with Crippen LogP contribution in [0.5, 0.6) is 17.2 Å². The van der Waals surface area contributed by atoms with E-state index in [1.807, 2.05) is 18.2 Å². The molecule has 0 amide bonds. The SMILES string of the molecule is CNc1nccc(Oc2ccc3c(c2)C2C(O3)C2c2nc3cc(Cl)c(C(F)(F)F)cc3[nH]2)c1CCC=O. The third kappa shape index (κ3) is 4.05. The monoisotopic (exact) mass is 528 g/mol. The zero-order chi connectivity index (χ0) is 25.9. The van der Waals surface area contributed by atoms with Crippen LogP contribution in [0, 0.1) is 0 Å². The molecular formula is C26H20ClF3N4O3. The van der Waals surface area contributed by atoms with Crippen molar-refractivity contribution >= 4 is 34.7 Å². The van der Waals surface area contributed by atoms with Crippen LogP contribution in [0.2, 0.25) is 5.02 Å². The fraction of sp³-hybridized carbons (Fsp3) is 0.269. The van der Waals surface area contributed by atoms with Gasteiger partial charge in [-0.3, -0.25) is 0 Å². The van der Waals surface area contributed by atoms with Crippen molar-refractivity contribution < 1.29 is 27.4 Å². The molecule has 1 saturated carbocycles. The van der Waals surface area contributed by atoms with Gasteiger partial charge in [-0.25, -0.2) is 9.97 Å². The van der Waals surface area contributed by atoms with Gasteiger partial charge in [-0.15, -0.1) is 0 Å². The van der Waals surface area contributed by atoms with E-state index in [2.05, 4.69) is 20.3 Å². The van der Waals surface area contributed by atoms with E-state index in [4.69, 9.17) is 21.1 Å². The van der Waals surface area contributed by atoms with Crippen molar-refractivity contribution in [2.75, 3.05) is 12.4 Å². The number of aromatic nitrogens is 3. The molecule has 3 heterocycles. The molecule has 0 spiro atoms. The van der Waals surface area contributed by atoms with Gasteiger partial charge in [0.1, 0.15) is 41.3 Å². The van der Waals surface area contributed by atoms with Crippen LogP contribution in [-0.2, 0) is 17.4 Å². The summed E-state index contributed by atoms with van der Waals surface area (Å²) in [5.41, 5.74) is 1.49. The van der Waals surface area contributed by atoms with Crippen molar-refractivity contribution in [3.05, 3.63) is 70.1 Å². The predicted octanol–water partition coefficient (Wildman–Crippen LogP) is 6.24. The molecule has 1 fully saturated rings. The maximum atomic E-state index is 13.3. The third-order valence-corrected chi connectivity index (χ3v) is 7.07. The van der Waals surface area contributed by atoms with Crippen molar-refractivity contribution in [1.29, 1.82) is 0 Å². The Morgan fingerprint density at radius 3 is 2.81 bits per heavy atom. The summed E-state index contributed by atoms with van der Waals surface area (Å²) in [4.78, 5) is 22.8. The van der Waals surface area contributed by atoms with Gasteiger partial charge in [0.05, 0.1) is 27.5 Å². The molecule has 11 heteroatoms. The van der Waals surface area contributed by atoms with Crippen molar-refractivity contribution in [2.24, 2.45) is 0 Å². The number of carbonyl (C=O) groups excluding carboxylic acids is 1. The Morgan fingerprint density at radius 1 is 1.22 bits per heavy atom. The Bertz CT molecular complexity index is 1540.